The van der Waals surface area contributed by atoms with Crippen molar-refractivity contribution in [2.24, 2.45) is 11.8 Å². The summed E-state index contributed by atoms with van der Waals surface area (Å²) >= 11 is 6.48. The third kappa shape index (κ3) is 9.73. The van der Waals surface area contributed by atoms with Crippen LogP contribution in [0.25, 0.3) is 0 Å². The first-order chi connectivity index (χ1) is 20.4. The Morgan fingerprint density at radius 3 is 2.18 bits per heavy atom. The van der Waals surface area contributed by atoms with Crippen molar-refractivity contribution < 1.29 is 14.3 Å². The first-order valence-electron chi connectivity index (χ1n) is 15.8. The van der Waals surface area contributed by atoms with Gasteiger partial charge in [-0.1, -0.05) is 29.8 Å². The van der Waals surface area contributed by atoms with Crippen molar-refractivity contribution in [2.75, 3.05) is 75.4 Å². The Bertz CT molecular complexity index is 1190. The zero-order chi connectivity index (χ0) is 29.5. The highest BCUT2D eigenvalue weighted by molar-refractivity contribution is 6.31. The zero-order valence-electron chi connectivity index (χ0n) is 26.2. The van der Waals surface area contributed by atoms with E-state index in [-0.39, 0.29) is 42.5 Å². The van der Waals surface area contributed by atoms with Gasteiger partial charge in [-0.2, -0.15) is 0 Å². The molecular weight excluding hydrogens is 619 g/mol. The van der Waals surface area contributed by atoms with Gasteiger partial charge in [0.25, 0.3) is 0 Å². The number of piperidine rings is 2. The van der Waals surface area contributed by atoms with Crippen molar-refractivity contribution in [1.82, 2.24) is 9.80 Å². The summed E-state index contributed by atoms with van der Waals surface area (Å²) in [7, 11) is 0. The van der Waals surface area contributed by atoms with Gasteiger partial charge in [0.15, 0.2) is 0 Å². The number of aryl methyl sites for hydroxylation is 1. The second-order valence-electron chi connectivity index (χ2n) is 12.3. The van der Waals surface area contributed by atoms with Gasteiger partial charge in [-0.15, -0.1) is 24.8 Å². The van der Waals surface area contributed by atoms with E-state index in [4.69, 9.17) is 16.3 Å². The number of rotatable bonds is 9. The van der Waals surface area contributed by atoms with Crippen LogP contribution in [0.2, 0.25) is 5.02 Å². The maximum atomic E-state index is 13.7. The van der Waals surface area contributed by atoms with Gasteiger partial charge in [0.05, 0.1) is 13.2 Å². The van der Waals surface area contributed by atoms with Gasteiger partial charge in [0.1, 0.15) is 0 Å². The fourth-order valence-electron chi connectivity index (χ4n) is 6.64. The Labute approximate surface area is 281 Å². The van der Waals surface area contributed by atoms with E-state index in [9.17, 15) is 9.59 Å². The van der Waals surface area contributed by atoms with Crippen molar-refractivity contribution in [1.29, 1.82) is 0 Å². The quantitative estimate of drug-likeness (QED) is 0.316. The molecule has 3 heterocycles. The summed E-state index contributed by atoms with van der Waals surface area (Å²) in [6, 6.07) is 15.1. The molecule has 3 saturated heterocycles. The molecule has 0 N–H and O–H groups in total. The number of likely N-dealkylation sites (tertiary alicyclic amines) is 2. The average Bonchev–Trinajstić information content (AvgIpc) is 3.02. The molecule has 2 amide bonds. The van der Waals surface area contributed by atoms with Gasteiger partial charge >= 0.3 is 0 Å². The first-order valence-corrected chi connectivity index (χ1v) is 16.2. The topological polar surface area (TPSA) is 56.3 Å². The van der Waals surface area contributed by atoms with Crippen LogP contribution in [0.5, 0.6) is 0 Å². The molecular formula is C34H49Cl3N4O3. The molecule has 0 atom stereocenters. The Morgan fingerprint density at radius 2 is 1.57 bits per heavy atom. The summed E-state index contributed by atoms with van der Waals surface area (Å²) in [5.74, 6) is 0.925. The van der Waals surface area contributed by atoms with E-state index in [1.54, 1.807) is 6.92 Å². The van der Waals surface area contributed by atoms with E-state index in [1.165, 1.54) is 24.1 Å². The third-order valence-electron chi connectivity index (χ3n) is 9.42. The molecule has 0 saturated carbocycles. The molecule has 0 radical (unpaired) electrons. The van der Waals surface area contributed by atoms with Gasteiger partial charge in [0.2, 0.25) is 11.8 Å². The van der Waals surface area contributed by atoms with Crippen LogP contribution in [-0.2, 0) is 20.7 Å². The Hall–Kier alpha value is -2.03. The van der Waals surface area contributed by atoms with E-state index in [0.717, 1.165) is 88.8 Å². The number of benzene rings is 2. The van der Waals surface area contributed by atoms with Crippen molar-refractivity contribution >= 4 is 59.6 Å². The van der Waals surface area contributed by atoms with Gasteiger partial charge in [-0.25, -0.2) is 0 Å². The Morgan fingerprint density at radius 1 is 0.909 bits per heavy atom. The minimum Gasteiger partial charge on any atom is -0.378 e. The number of carbonyl (C=O) groups is 2. The number of morpholine rings is 1. The van der Waals surface area contributed by atoms with E-state index in [2.05, 4.69) is 34.1 Å². The highest BCUT2D eigenvalue weighted by atomic mass is 35.5. The van der Waals surface area contributed by atoms with Crippen LogP contribution in [0.3, 0.4) is 0 Å². The number of hydrogen-bond donors (Lipinski definition) is 0. The number of amides is 2. The maximum Gasteiger partial charge on any atom is 0.230 e. The molecule has 5 rings (SSSR count). The molecule has 2 aromatic rings. The van der Waals surface area contributed by atoms with E-state index >= 15 is 0 Å². The number of halogens is 3. The summed E-state index contributed by atoms with van der Waals surface area (Å²) in [5.41, 5.74) is 4.63. The molecule has 0 unspecified atom stereocenters. The second-order valence-corrected chi connectivity index (χ2v) is 12.7. The molecule has 2 aromatic carbocycles. The maximum absolute atomic E-state index is 13.7. The molecule has 244 valence electrons. The minimum atomic E-state index is -0.0561. The van der Waals surface area contributed by atoms with E-state index in [0.29, 0.717) is 24.7 Å². The van der Waals surface area contributed by atoms with Crippen molar-refractivity contribution in [3.8, 4) is 0 Å². The lowest BCUT2D eigenvalue weighted by atomic mass is 9.90. The fourth-order valence-corrected chi connectivity index (χ4v) is 6.82. The fraction of sp³-hybridized carbons (Fsp3) is 0.588. The molecule has 44 heavy (non-hydrogen) atoms. The van der Waals surface area contributed by atoms with Crippen LogP contribution in [0.1, 0.15) is 50.2 Å². The van der Waals surface area contributed by atoms with Gasteiger partial charge in [-0.05, 0) is 106 Å². The molecule has 3 aliphatic rings. The lowest BCUT2D eigenvalue weighted by molar-refractivity contribution is -0.133. The van der Waals surface area contributed by atoms with Gasteiger partial charge in [0, 0.05) is 62.0 Å². The molecule has 0 spiro atoms. The number of anilines is 2. The highest BCUT2D eigenvalue weighted by Crippen LogP contribution is 2.28. The molecule has 0 aliphatic carbocycles. The monoisotopic (exact) mass is 666 g/mol. The van der Waals surface area contributed by atoms with Crippen LogP contribution in [-0.4, -0.2) is 87.2 Å². The predicted octanol–water partition coefficient (Wildman–Crippen LogP) is 6.26. The van der Waals surface area contributed by atoms with Crippen LogP contribution >= 0.6 is 36.4 Å². The van der Waals surface area contributed by atoms with Crippen LogP contribution in [0.15, 0.2) is 42.5 Å². The molecule has 10 heteroatoms. The molecule has 7 nitrogen and oxygen atoms in total. The predicted molar refractivity (Wildman–Crippen MR) is 185 cm³/mol. The smallest absolute Gasteiger partial charge is 0.230 e. The van der Waals surface area contributed by atoms with Gasteiger partial charge < -0.3 is 24.3 Å². The molecule has 0 bridgehead atoms. The zero-order valence-corrected chi connectivity index (χ0v) is 28.6. The van der Waals surface area contributed by atoms with E-state index < -0.39 is 0 Å². The van der Waals surface area contributed by atoms with Gasteiger partial charge in [-0.3, -0.25) is 9.59 Å². The Balaban J connectivity index is 0.00000264. The largest absolute Gasteiger partial charge is 0.378 e. The number of nitrogens with zero attached hydrogens (tertiary/aromatic N) is 4. The lowest BCUT2D eigenvalue weighted by Crippen LogP contribution is -2.45. The third-order valence-corrected chi connectivity index (χ3v) is 9.83. The summed E-state index contributed by atoms with van der Waals surface area (Å²) in [6.07, 6.45) is 5.95. The number of ether oxygens (including phenoxy) is 1. The number of carbonyl (C=O) groups excluding carboxylic acids is 2. The first kappa shape index (κ1) is 36.4. The molecule has 0 aromatic heterocycles. The average molecular weight is 668 g/mol. The normalized spacial score (nSPS) is 18.3. The summed E-state index contributed by atoms with van der Waals surface area (Å²) in [4.78, 5) is 34.3. The summed E-state index contributed by atoms with van der Waals surface area (Å²) in [5, 5.41) is 0.689. The van der Waals surface area contributed by atoms with Crippen LogP contribution in [0, 0.1) is 18.8 Å². The molecule has 3 fully saturated rings. The van der Waals surface area contributed by atoms with Crippen molar-refractivity contribution in [3.05, 3.63) is 58.6 Å². The Kier molecular flexibility index (Phi) is 14.6. The van der Waals surface area contributed by atoms with E-state index in [1.807, 2.05) is 34.9 Å². The standard InChI is InChI=1S/C34H47ClN4O3.2ClH/c1-26-4-7-32(25-33(26)35)39(34(41)30-12-18-37(19-13-30)27(2)40)15-3-14-36-16-10-29(11-17-36)24-28-5-8-31(9-6-28)38-20-22-42-23-21-38;;/h4-9,25,29-30H,3,10-24H2,1-2H3;2*1H. The lowest BCUT2D eigenvalue weighted by Gasteiger charge is -2.35. The summed E-state index contributed by atoms with van der Waals surface area (Å²) in [6.45, 7) is 12.4. The minimum absolute atomic E-state index is 0. The van der Waals surface area contributed by atoms with Crippen LogP contribution < -0.4 is 9.80 Å². The van der Waals surface area contributed by atoms with Crippen molar-refractivity contribution in [2.45, 2.75) is 52.4 Å². The second kappa shape index (κ2) is 17.6. The summed E-state index contributed by atoms with van der Waals surface area (Å²) < 4.78 is 5.49. The van der Waals surface area contributed by atoms with Crippen molar-refractivity contribution in [3.63, 3.8) is 0 Å². The SMILES string of the molecule is CC(=O)N1CCC(C(=O)N(CCCN2CCC(Cc3ccc(N4CCOCC4)cc3)CC2)c2ccc(C)c(Cl)c2)CC1.Cl.Cl. The van der Waals surface area contributed by atoms with Crippen LogP contribution in [0.4, 0.5) is 11.4 Å². The number of hydrogen-bond acceptors (Lipinski definition) is 5. The molecule has 3 aliphatic heterocycles. The highest BCUT2D eigenvalue weighted by Gasteiger charge is 2.30.